The Balaban J connectivity index is -0.000000301. The molecule has 0 heterocycles. The molecule has 0 saturated heterocycles. The highest BCUT2D eigenvalue weighted by Crippen LogP contribution is 2.09. The summed E-state index contributed by atoms with van der Waals surface area (Å²) in [5.74, 6) is 0. The lowest BCUT2D eigenvalue weighted by Gasteiger charge is -2.06. The zero-order chi connectivity index (χ0) is 14.7. The van der Waals surface area contributed by atoms with Crippen molar-refractivity contribution in [3.8, 4) is 0 Å². The molecule has 0 unspecified atom stereocenters. The molecule has 2 nitrogen and oxygen atoms in total. The second-order valence-corrected chi connectivity index (χ2v) is 6.04. The summed E-state index contributed by atoms with van der Waals surface area (Å²) in [5.41, 5.74) is 0. The van der Waals surface area contributed by atoms with Gasteiger partial charge in [-0.05, 0) is 51.9 Å². The van der Waals surface area contributed by atoms with Crippen LogP contribution >= 0.6 is 49.6 Å². The molecule has 0 fully saturated rings. The summed E-state index contributed by atoms with van der Waals surface area (Å²) in [6.45, 7) is 9.29. The Bertz CT molecular complexity index is 157. The molecule has 0 aromatic heterocycles. The normalized spacial score (nSPS) is 9.25. The van der Waals surface area contributed by atoms with Crippen molar-refractivity contribution in [3.05, 3.63) is 0 Å². The van der Waals surface area contributed by atoms with Crippen LogP contribution in [-0.4, -0.2) is 26.2 Å². The van der Waals surface area contributed by atoms with E-state index in [0.717, 1.165) is 0 Å². The number of rotatable bonds is 17. The van der Waals surface area contributed by atoms with Crippen LogP contribution in [0.5, 0.6) is 0 Å². The van der Waals surface area contributed by atoms with E-state index in [1.165, 1.54) is 103 Å². The molecule has 0 saturated carbocycles. The van der Waals surface area contributed by atoms with Gasteiger partial charge in [0.1, 0.15) is 0 Å². The molecule has 0 rings (SSSR count). The van der Waals surface area contributed by atoms with E-state index in [-0.39, 0.29) is 49.6 Å². The maximum Gasteiger partial charge on any atom is -0.00484 e. The molecule has 0 spiro atoms. The van der Waals surface area contributed by atoms with Crippen LogP contribution in [0.3, 0.4) is 0 Å². The van der Waals surface area contributed by atoms with E-state index in [1.54, 1.807) is 0 Å². The molecule has 24 heavy (non-hydrogen) atoms. The van der Waals surface area contributed by atoms with Gasteiger partial charge in [-0.3, -0.25) is 0 Å². The monoisotopic (exact) mass is 428 g/mol. The second-order valence-electron chi connectivity index (χ2n) is 6.04. The van der Waals surface area contributed by atoms with Crippen molar-refractivity contribution >= 4 is 49.6 Å². The summed E-state index contributed by atoms with van der Waals surface area (Å²) in [7, 11) is 0. The fourth-order valence-electron chi connectivity index (χ4n) is 2.49. The Morgan fingerprint density at radius 3 is 1.12 bits per heavy atom. The summed E-state index contributed by atoms with van der Waals surface area (Å²) in [5, 5.41) is 7.02. The van der Waals surface area contributed by atoms with Crippen LogP contribution in [0.2, 0.25) is 0 Å². The van der Waals surface area contributed by atoms with Crippen LogP contribution in [0.4, 0.5) is 0 Å². The maximum absolute atomic E-state index is 3.57. The molecule has 0 radical (unpaired) electrons. The van der Waals surface area contributed by atoms with Crippen molar-refractivity contribution in [1.82, 2.24) is 10.6 Å². The Labute approximate surface area is 177 Å². The van der Waals surface area contributed by atoms with Crippen molar-refractivity contribution in [3.63, 3.8) is 0 Å². The highest BCUT2D eigenvalue weighted by molar-refractivity contribution is 5.86. The van der Waals surface area contributed by atoms with Gasteiger partial charge in [0.15, 0.2) is 0 Å². The largest absolute Gasteiger partial charge is 0.317 e. The van der Waals surface area contributed by atoms with Crippen LogP contribution in [-0.2, 0) is 0 Å². The summed E-state index contributed by atoms with van der Waals surface area (Å²) >= 11 is 0. The highest BCUT2D eigenvalue weighted by atomic mass is 35.5. The molecule has 0 amide bonds. The maximum atomic E-state index is 3.57. The molecule has 0 aliphatic rings. The van der Waals surface area contributed by atoms with Crippen molar-refractivity contribution in [2.24, 2.45) is 0 Å². The van der Waals surface area contributed by atoms with E-state index in [4.69, 9.17) is 0 Å². The molecule has 2 N–H and O–H groups in total. The smallest absolute Gasteiger partial charge is 0.00484 e. The Kier molecular flexibility index (Phi) is 53.0. The summed E-state index contributed by atoms with van der Waals surface area (Å²) < 4.78 is 0. The average Bonchev–Trinajstić information content (AvgIpc) is 2.47. The van der Waals surface area contributed by atoms with E-state index in [2.05, 4.69) is 24.5 Å². The molecule has 0 atom stereocenters. The fourth-order valence-corrected chi connectivity index (χ4v) is 2.49. The highest BCUT2D eigenvalue weighted by Gasteiger charge is 1.93. The Hall–Kier alpha value is 1.08. The SMILES string of the molecule is CCCCCCCCCCCNCCCCNCCC.Cl.Cl.Cl.Cl. The lowest BCUT2D eigenvalue weighted by molar-refractivity contribution is 0.537. The third-order valence-corrected chi connectivity index (χ3v) is 3.84. The van der Waals surface area contributed by atoms with Gasteiger partial charge in [-0.15, -0.1) is 49.6 Å². The van der Waals surface area contributed by atoms with Crippen LogP contribution in [0, 0.1) is 0 Å². The third-order valence-electron chi connectivity index (χ3n) is 3.84. The van der Waals surface area contributed by atoms with E-state index in [9.17, 15) is 0 Å². The molecular formula is C18H44Cl4N2. The van der Waals surface area contributed by atoms with Crippen LogP contribution < -0.4 is 10.6 Å². The predicted molar refractivity (Wildman–Crippen MR) is 121 cm³/mol. The number of halogens is 4. The van der Waals surface area contributed by atoms with E-state index in [0.29, 0.717) is 0 Å². The van der Waals surface area contributed by atoms with Gasteiger partial charge < -0.3 is 10.6 Å². The summed E-state index contributed by atoms with van der Waals surface area (Å²) in [4.78, 5) is 0. The standard InChI is InChI=1S/C18H40N2.4ClH/c1-3-5-6-7-8-9-10-11-12-16-20-18-14-13-17-19-15-4-2;;;;/h19-20H,3-18H2,1-2H3;4*1H. The molecule has 6 heteroatoms. The quantitative estimate of drug-likeness (QED) is 0.255. The summed E-state index contributed by atoms with van der Waals surface area (Å²) in [6.07, 6.45) is 16.7. The Morgan fingerprint density at radius 2 is 0.708 bits per heavy atom. The first-order valence-electron chi connectivity index (χ1n) is 9.33. The fraction of sp³-hybridized carbons (Fsp3) is 1.00. The van der Waals surface area contributed by atoms with Gasteiger partial charge in [0.2, 0.25) is 0 Å². The lowest BCUT2D eigenvalue weighted by atomic mass is 10.1. The van der Waals surface area contributed by atoms with Gasteiger partial charge in [-0.1, -0.05) is 65.2 Å². The minimum atomic E-state index is 0. The number of hydrogen-bond donors (Lipinski definition) is 2. The Morgan fingerprint density at radius 1 is 0.375 bits per heavy atom. The van der Waals surface area contributed by atoms with Crippen molar-refractivity contribution in [2.45, 2.75) is 90.9 Å². The van der Waals surface area contributed by atoms with Crippen molar-refractivity contribution in [2.75, 3.05) is 26.2 Å². The minimum absolute atomic E-state index is 0. The first-order chi connectivity index (χ1) is 9.91. The first kappa shape index (κ1) is 36.1. The van der Waals surface area contributed by atoms with Crippen LogP contribution in [0.25, 0.3) is 0 Å². The number of hydrogen-bond acceptors (Lipinski definition) is 2. The third kappa shape index (κ3) is 34.4. The van der Waals surface area contributed by atoms with E-state index < -0.39 is 0 Å². The average molecular weight is 430 g/mol. The molecule has 0 aromatic rings. The van der Waals surface area contributed by atoms with Crippen LogP contribution in [0.15, 0.2) is 0 Å². The van der Waals surface area contributed by atoms with Crippen molar-refractivity contribution in [1.29, 1.82) is 0 Å². The first-order valence-corrected chi connectivity index (χ1v) is 9.33. The topological polar surface area (TPSA) is 24.1 Å². The molecule has 0 aliphatic carbocycles. The minimum Gasteiger partial charge on any atom is -0.317 e. The van der Waals surface area contributed by atoms with E-state index in [1.807, 2.05) is 0 Å². The molecular weight excluding hydrogens is 386 g/mol. The molecule has 154 valence electrons. The number of unbranched alkanes of at least 4 members (excludes halogenated alkanes) is 9. The van der Waals surface area contributed by atoms with Gasteiger partial charge in [-0.25, -0.2) is 0 Å². The lowest BCUT2D eigenvalue weighted by Crippen LogP contribution is -2.20. The second kappa shape index (κ2) is 35.2. The predicted octanol–water partition coefficient (Wildman–Crippen LogP) is 6.57. The van der Waals surface area contributed by atoms with Gasteiger partial charge in [0.25, 0.3) is 0 Å². The molecule has 0 aromatic carbocycles. The van der Waals surface area contributed by atoms with Gasteiger partial charge in [0.05, 0.1) is 0 Å². The zero-order valence-electron chi connectivity index (χ0n) is 15.9. The molecule has 0 bridgehead atoms. The summed E-state index contributed by atoms with van der Waals surface area (Å²) in [6, 6.07) is 0. The van der Waals surface area contributed by atoms with Gasteiger partial charge in [0, 0.05) is 0 Å². The van der Waals surface area contributed by atoms with Gasteiger partial charge >= 0.3 is 0 Å². The van der Waals surface area contributed by atoms with Crippen LogP contribution in [0.1, 0.15) is 90.9 Å². The van der Waals surface area contributed by atoms with Crippen molar-refractivity contribution < 1.29 is 0 Å². The van der Waals surface area contributed by atoms with E-state index >= 15 is 0 Å². The van der Waals surface area contributed by atoms with Gasteiger partial charge in [-0.2, -0.15) is 0 Å². The molecule has 0 aliphatic heterocycles. The number of nitrogens with one attached hydrogen (secondary N) is 2. The zero-order valence-corrected chi connectivity index (χ0v) is 19.2.